The first-order valence-electron chi connectivity index (χ1n) is 9.33. The largest absolute Gasteiger partial charge is 0.386 e. The molecular weight excluding hydrogens is 374 g/mol. The number of rotatable bonds is 3. The smallest absolute Gasteiger partial charge is 0.327 e. The van der Waals surface area contributed by atoms with Gasteiger partial charge in [-0.1, -0.05) is 32.9 Å². The van der Waals surface area contributed by atoms with Crippen molar-refractivity contribution in [2.45, 2.75) is 47.1 Å². The second kappa shape index (κ2) is 6.46. The van der Waals surface area contributed by atoms with Crippen molar-refractivity contribution < 1.29 is 13.5 Å². The van der Waals surface area contributed by atoms with Crippen LogP contribution in [0.15, 0.2) is 30.3 Å². The molecule has 7 heteroatoms. The third kappa shape index (κ3) is 3.61. The van der Waals surface area contributed by atoms with Gasteiger partial charge in [0, 0.05) is 19.2 Å². The molecule has 2 aromatic rings. The molecule has 0 atom stereocenters. The topological polar surface area (TPSA) is 73.7 Å². The number of aliphatic hydroxyl groups is 1. The lowest BCUT2D eigenvalue weighted by Crippen LogP contribution is -2.40. The number of aromatic nitrogens is 1. The summed E-state index contributed by atoms with van der Waals surface area (Å²) in [6.07, 6.45) is 0. The van der Waals surface area contributed by atoms with Gasteiger partial charge in [0.05, 0.1) is 17.0 Å². The van der Waals surface area contributed by atoms with Crippen LogP contribution in [0.2, 0.25) is 0 Å². The van der Waals surface area contributed by atoms with E-state index in [0.717, 1.165) is 16.7 Å². The van der Waals surface area contributed by atoms with Gasteiger partial charge in [0.25, 0.3) is 0 Å². The lowest BCUT2D eigenvalue weighted by molar-refractivity contribution is 0.0786. The first kappa shape index (κ1) is 20.6. The van der Waals surface area contributed by atoms with Gasteiger partial charge in [0.15, 0.2) is 5.82 Å². The number of anilines is 2. The third-order valence-corrected chi connectivity index (χ3v) is 6.63. The molecule has 2 heterocycles. The summed E-state index contributed by atoms with van der Waals surface area (Å²) in [5.74, 6) is 0.426. The van der Waals surface area contributed by atoms with E-state index in [1.807, 2.05) is 58.0 Å². The minimum Gasteiger partial charge on any atom is -0.386 e. The van der Waals surface area contributed by atoms with Gasteiger partial charge in [-0.15, -0.1) is 0 Å². The summed E-state index contributed by atoms with van der Waals surface area (Å²) in [4.78, 5) is 4.69. The van der Waals surface area contributed by atoms with Crippen LogP contribution in [0.25, 0.3) is 11.3 Å². The van der Waals surface area contributed by atoms with Gasteiger partial charge < -0.3 is 5.11 Å². The molecule has 1 N–H and O–H groups in total. The highest BCUT2D eigenvalue weighted by Crippen LogP contribution is 2.41. The summed E-state index contributed by atoms with van der Waals surface area (Å²) in [7, 11) is -2.10. The van der Waals surface area contributed by atoms with Crippen LogP contribution in [-0.2, 0) is 15.8 Å². The van der Waals surface area contributed by atoms with E-state index in [9.17, 15) is 13.5 Å². The predicted molar refractivity (Wildman–Crippen MR) is 114 cm³/mol. The van der Waals surface area contributed by atoms with Crippen LogP contribution >= 0.6 is 0 Å². The predicted octanol–water partition coefficient (Wildman–Crippen LogP) is 3.83. The molecule has 152 valence electrons. The summed E-state index contributed by atoms with van der Waals surface area (Å²) in [6, 6.07) is 9.43. The molecule has 0 bridgehead atoms. The zero-order valence-corrected chi connectivity index (χ0v) is 18.4. The number of benzene rings is 1. The molecule has 1 aromatic heterocycles. The zero-order chi connectivity index (χ0) is 21.1. The zero-order valence-electron chi connectivity index (χ0n) is 17.6. The summed E-state index contributed by atoms with van der Waals surface area (Å²) < 4.78 is 28.5. The maximum absolute atomic E-state index is 12.9. The van der Waals surface area contributed by atoms with Gasteiger partial charge >= 0.3 is 10.2 Å². The number of hydrogen-bond acceptors (Lipinski definition) is 4. The van der Waals surface area contributed by atoms with Gasteiger partial charge in [0.2, 0.25) is 0 Å². The molecule has 0 unspecified atom stereocenters. The van der Waals surface area contributed by atoms with Crippen molar-refractivity contribution in [3.05, 3.63) is 41.5 Å². The maximum atomic E-state index is 12.9. The van der Waals surface area contributed by atoms with Crippen LogP contribution in [0.1, 0.15) is 45.7 Å². The minimum absolute atomic E-state index is 0.189. The monoisotopic (exact) mass is 403 g/mol. The average molecular weight is 404 g/mol. The Morgan fingerprint density at radius 1 is 1.07 bits per heavy atom. The number of fused-ring (bicyclic) bond motifs is 1. The highest BCUT2D eigenvalue weighted by atomic mass is 32.2. The van der Waals surface area contributed by atoms with Crippen LogP contribution in [-0.4, -0.2) is 32.1 Å². The minimum atomic E-state index is -3.63. The molecule has 0 amide bonds. The molecule has 1 aliphatic heterocycles. The Balaban J connectivity index is 2.13. The SMILES string of the molecule is Cc1ccc(C(C)(C)O)cc1-c1ccc2c(n1)N(C)S(=O)(=O)N2CC(C)(C)C. The van der Waals surface area contributed by atoms with Gasteiger partial charge in [-0.3, -0.25) is 0 Å². The summed E-state index contributed by atoms with van der Waals surface area (Å²) >= 11 is 0. The van der Waals surface area contributed by atoms with Crippen molar-refractivity contribution in [2.75, 3.05) is 22.2 Å². The van der Waals surface area contributed by atoms with Gasteiger partial charge in [-0.2, -0.15) is 8.42 Å². The molecule has 1 aliphatic rings. The van der Waals surface area contributed by atoms with Gasteiger partial charge in [-0.05, 0) is 55.5 Å². The van der Waals surface area contributed by atoms with Crippen LogP contribution < -0.4 is 8.61 Å². The Hall–Kier alpha value is -2.12. The second-order valence-corrected chi connectivity index (χ2v) is 11.1. The van der Waals surface area contributed by atoms with Gasteiger partial charge in [0.1, 0.15) is 0 Å². The standard InChI is InChI=1S/C21H29N3O3S/c1-14-8-9-15(21(5,6)25)12-16(14)17-10-11-18-19(22-17)23(7)28(26,27)24(18)13-20(2,3)4/h8-12,25H,13H2,1-7H3. The molecule has 0 radical (unpaired) electrons. The van der Waals surface area contributed by atoms with Crippen LogP contribution in [0.5, 0.6) is 0 Å². The maximum Gasteiger partial charge on any atom is 0.327 e. The molecule has 0 fully saturated rings. The van der Waals surface area contributed by atoms with E-state index in [0.29, 0.717) is 23.7 Å². The summed E-state index contributed by atoms with van der Waals surface area (Å²) in [5.41, 5.74) is 2.79. The number of pyridine rings is 1. The Bertz CT molecular complexity index is 1020. The van der Waals surface area contributed by atoms with E-state index in [1.54, 1.807) is 13.8 Å². The van der Waals surface area contributed by atoms with E-state index >= 15 is 0 Å². The van der Waals surface area contributed by atoms with E-state index < -0.39 is 15.8 Å². The van der Waals surface area contributed by atoms with Crippen molar-refractivity contribution >= 4 is 21.7 Å². The average Bonchev–Trinajstić information content (AvgIpc) is 2.73. The third-order valence-electron chi connectivity index (χ3n) is 4.88. The molecule has 28 heavy (non-hydrogen) atoms. The second-order valence-electron chi connectivity index (χ2n) is 9.17. The molecule has 0 aliphatic carbocycles. The van der Waals surface area contributed by atoms with Crippen molar-refractivity contribution in [1.29, 1.82) is 0 Å². The molecule has 0 saturated heterocycles. The van der Waals surface area contributed by atoms with E-state index in [-0.39, 0.29) is 5.41 Å². The molecule has 0 saturated carbocycles. The van der Waals surface area contributed by atoms with Crippen LogP contribution in [0, 0.1) is 12.3 Å². The fourth-order valence-corrected chi connectivity index (χ4v) is 4.87. The van der Waals surface area contributed by atoms with E-state index in [1.165, 1.54) is 15.7 Å². The lowest BCUT2D eigenvalue weighted by Gasteiger charge is -2.27. The first-order chi connectivity index (χ1) is 12.7. The normalized spacial score (nSPS) is 16.4. The van der Waals surface area contributed by atoms with E-state index in [2.05, 4.69) is 4.98 Å². The number of aryl methyl sites for hydroxylation is 1. The van der Waals surface area contributed by atoms with Crippen molar-refractivity contribution in [2.24, 2.45) is 5.41 Å². The van der Waals surface area contributed by atoms with E-state index in [4.69, 9.17) is 0 Å². The molecule has 6 nitrogen and oxygen atoms in total. The number of nitrogens with zero attached hydrogens (tertiary/aromatic N) is 3. The fourth-order valence-electron chi connectivity index (χ4n) is 3.27. The Labute approximate surface area is 168 Å². The summed E-state index contributed by atoms with van der Waals surface area (Å²) in [5, 5.41) is 10.3. The molecular formula is C21H29N3O3S. The Kier molecular flexibility index (Phi) is 4.75. The Morgan fingerprint density at radius 2 is 1.71 bits per heavy atom. The Morgan fingerprint density at radius 3 is 2.29 bits per heavy atom. The molecule has 1 aromatic carbocycles. The molecule has 3 rings (SSSR count). The quantitative estimate of drug-likeness (QED) is 0.845. The lowest BCUT2D eigenvalue weighted by atomic mass is 9.93. The van der Waals surface area contributed by atoms with Crippen LogP contribution in [0.3, 0.4) is 0 Å². The van der Waals surface area contributed by atoms with Crippen molar-refractivity contribution in [3.8, 4) is 11.3 Å². The molecule has 0 spiro atoms. The van der Waals surface area contributed by atoms with Gasteiger partial charge in [-0.25, -0.2) is 13.6 Å². The first-order valence-corrected chi connectivity index (χ1v) is 10.7. The van der Waals surface area contributed by atoms with Crippen molar-refractivity contribution in [3.63, 3.8) is 0 Å². The highest BCUT2D eigenvalue weighted by Gasteiger charge is 2.41. The highest BCUT2D eigenvalue weighted by molar-refractivity contribution is 7.94. The fraction of sp³-hybridized carbons (Fsp3) is 0.476. The van der Waals surface area contributed by atoms with Crippen LogP contribution in [0.4, 0.5) is 11.5 Å². The summed E-state index contributed by atoms with van der Waals surface area (Å²) in [6.45, 7) is 11.9. The van der Waals surface area contributed by atoms with Crippen molar-refractivity contribution in [1.82, 2.24) is 4.98 Å². The number of hydrogen-bond donors (Lipinski definition) is 1.